The summed E-state index contributed by atoms with van der Waals surface area (Å²) in [6.07, 6.45) is -3.70. The molecule has 0 atom stereocenters. The highest BCUT2D eigenvalue weighted by Gasteiger charge is 2.44. The Morgan fingerprint density at radius 1 is 1.18 bits per heavy atom. The van der Waals surface area contributed by atoms with Crippen LogP contribution in [0.3, 0.4) is 0 Å². The van der Waals surface area contributed by atoms with Gasteiger partial charge in [-0.05, 0) is 30.7 Å². The molecule has 0 aliphatic carbocycles. The van der Waals surface area contributed by atoms with Crippen molar-refractivity contribution in [2.75, 3.05) is 19.1 Å². The first kappa shape index (κ1) is 14.4. The number of aromatic nitrogens is 1. The first-order valence-corrected chi connectivity index (χ1v) is 6.59. The minimum atomic E-state index is -3.70. The molecule has 2 heterocycles. The number of benzene rings is 1. The van der Waals surface area contributed by atoms with Crippen LogP contribution in [-0.2, 0) is 0 Å². The fourth-order valence-corrected chi connectivity index (χ4v) is 2.47. The van der Waals surface area contributed by atoms with Gasteiger partial charge >= 0.3 is 6.29 Å². The van der Waals surface area contributed by atoms with E-state index in [1.807, 2.05) is 0 Å². The largest absolute Gasteiger partial charge is 0.586 e. The zero-order chi connectivity index (χ0) is 16.1. The predicted octanol–water partition coefficient (Wildman–Crippen LogP) is 2.34. The van der Waals surface area contributed by atoms with E-state index in [-0.39, 0.29) is 17.1 Å². The molecule has 5 nitrogen and oxygen atoms in total. The van der Waals surface area contributed by atoms with E-state index in [1.54, 1.807) is 44.2 Å². The minimum absolute atomic E-state index is 0.0539. The van der Waals surface area contributed by atoms with Crippen LogP contribution in [0.25, 0.3) is 11.3 Å². The third-order valence-corrected chi connectivity index (χ3v) is 3.26. The van der Waals surface area contributed by atoms with Crippen molar-refractivity contribution >= 4 is 0 Å². The van der Waals surface area contributed by atoms with Crippen molar-refractivity contribution in [1.82, 2.24) is 4.68 Å². The molecule has 3 rings (SSSR count). The van der Waals surface area contributed by atoms with E-state index < -0.39 is 6.29 Å². The molecule has 0 saturated carbocycles. The minimum Gasteiger partial charge on any atom is -0.395 e. The highest BCUT2D eigenvalue weighted by molar-refractivity contribution is 5.73. The third-order valence-electron chi connectivity index (χ3n) is 3.26. The van der Waals surface area contributed by atoms with Crippen LogP contribution in [0, 0.1) is 6.92 Å². The van der Waals surface area contributed by atoms with Crippen molar-refractivity contribution in [1.29, 1.82) is 0 Å². The van der Waals surface area contributed by atoms with Crippen molar-refractivity contribution in [2.45, 2.75) is 13.2 Å². The topological polar surface area (TPSA) is 43.7 Å². The highest BCUT2D eigenvalue weighted by atomic mass is 19.3. The summed E-state index contributed by atoms with van der Waals surface area (Å²) >= 11 is 0. The Bertz CT molecular complexity index is 800. The van der Waals surface area contributed by atoms with Gasteiger partial charge in [-0.2, -0.15) is 0 Å². The van der Waals surface area contributed by atoms with Gasteiger partial charge in [0.25, 0.3) is 5.56 Å². The van der Waals surface area contributed by atoms with Crippen molar-refractivity contribution in [3.8, 4) is 22.8 Å². The monoisotopic (exact) mass is 308 g/mol. The van der Waals surface area contributed by atoms with Gasteiger partial charge in [-0.1, -0.05) is 6.07 Å². The Morgan fingerprint density at radius 3 is 2.59 bits per heavy atom. The van der Waals surface area contributed by atoms with Gasteiger partial charge in [0, 0.05) is 25.7 Å². The van der Waals surface area contributed by atoms with Crippen LogP contribution in [0.2, 0.25) is 0 Å². The molecule has 1 aliphatic heterocycles. The molecule has 0 amide bonds. The van der Waals surface area contributed by atoms with Crippen LogP contribution in [0.5, 0.6) is 11.5 Å². The number of ether oxygens (including phenoxy) is 2. The number of fused-ring (bicyclic) bond motifs is 1. The van der Waals surface area contributed by atoms with E-state index in [1.165, 1.54) is 16.8 Å². The number of aryl methyl sites for hydroxylation is 1. The Morgan fingerprint density at radius 2 is 1.91 bits per heavy atom. The lowest BCUT2D eigenvalue weighted by molar-refractivity contribution is -0.286. The van der Waals surface area contributed by atoms with Crippen molar-refractivity contribution in [3.63, 3.8) is 0 Å². The fraction of sp³-hybridized carbons (Fsp3) is 0.267. The molecule has 116 valence electrons. The van der Waals surface area contributed by atoms with Crippen LogP contribution < -0.4 is 20.0 Å². The molecule has 1 aliphatic rings. The van der Waals surface area contributed by atoms with E-state index in [4.69, 9.17) is 0 Å². The van der Waals surface area contributed by atoms with Gasteiger partial charge in [-0.3, -0.25) is 4.79 Å². The summed E-state index contributed by atoms with van der Waals surface area (Å²) in [6, 6.07) is 7.78. The van der Waals surface area contributed by atoms with E-state index in [9.17, 15) is 13.6 Å². The quantitative estimate of drug-likeness (QED) is 0.854. The van der Waals surface area contributed by atoms with Gasteiger partial charge in [0.05, 0.1) is 5.69 Å². The average molecular weight is 308 g/mol. The van der Waals surface area contributed by atoms with Crippen LogP contribution in [0.1, 0.15) is 5.56 Å². The van der Waals surface area contributed by atoms with Crippen LogP contribution >= 0.6 is 0 Å². The maximum atomic E-state index is 13.3. The van der Waals surface area contributed by atoms with Gasteiger partial charge < -0.3 is 14.5 Å². The normalized spacial score (nSPS) is 15.0. The van der Waals surface area contributed by atoms with Gasteiger partial charge in [-0.15, -0.1) is 8.78 Å². The standard InChI is InChI=1S/C15H14F2N2O3/c1-9-7-11(19(18(2)3)13(20)8-9)10-5-4-6-12-14(10)22-15(16,17)21-12/h4-8H,1-3H3. The number of hydrogen-bond donors (Lipinski definition) is 0. The third kappa shape index (κ3) is 2.28. The van der Waals surface area contributed by atoms with Gasteiger partial charge in [0.15, 0.2) is 11.5 Å². The van der Waals surface area contributed by atoms with Gasteiger partial charge in [0.2, 0.25) is 0 Å². The number of hydrogen-bond acceptors (Lipinski definition) is 4. The molecule has 1 aromatic carbocycles. The van der Waals surface area contributed by atoms with E-state index in [2.05, 4.69) is 9.47 Å². The molecular weight excluding hydrogens is 294 g/mol. The van der Waals surface area contributed by atoms with E-state index >= 15 is 0 Å². The zero-order valence-electron chi connectivity index (χ0n) is 12.3. The molecule has 22 heavy (non-hydrogen) atoms. The number of pyridine rings is 1. The zero-order valence-corrected chi connectivity index (χ0v) is 12.3. The smallest absolute Gasteiger partial charge is 0.395 e. The Balaban J connectivity index is 2.27. The molecule has 0 saturated heterocycles. The molecule has 7 heteroatoms. The molecule has 1 aromatic heterocycles. The Hall–Kier alpha value is -2.57. The molecule has 0 spiro atoms. The first-order chi connectivity index (χ1) is 10.3. The van der Waals surface area contributed by atoms with Crippen molar-refractivity contribution in [2.24, 2.45) is 0 Å². The number of alkyl halides is 2. The SMILES string of the molecule is Cc1cc(-c2cccc3c2OC(F)(F)O3)n(N(C)C)c(=O)c1. The lowest BCUT2D eigenvalue weighted by atomic mass is 10.1. The van der Waals surface area contributed by atoms with Crippen LogP contribution in [0.4, 0.5) is 8.78 Å². The number of halogens is 2. The number of para-hydroxylation sites is 1. The van der Waals surface area contributed by atoms with Crippen molar-refractivity contribution in [3.05, 3.63) is 46.2 Å². The summed E-state index contributed by atoms with van der Waals surface area (Å²) < 4.78 is 37.1. The van der Waals surface area contributed by atoms with Gasteiger partial charge in [0.1, 0.15) is 0 Å². The molecule has 0 unspecified atom stereocenters. The van der Waals surface area contributed by atoms with E-state index in [0.29, 0.717) is 11.3 Å². The number of rotatable bonds is 2. The Kier molecular flexibility index (Phi) is 3.09. The highest BCUT2D eigenvalue weighted by Crippen LogP contribution is 2.46. The molecular formula is C15H14F2N2O3. The Labute approximate surface area is 125 Å². The predicted molar refractivity (Wildman–Crippen MR) is 77.1 cm³/mol. The number of nitrogens with zero attached hydrogens (tertiary/aromatic N) is 2. The summed E-state index contributed by atoms with van der Waals surface area (Å²) in [4.78, 5) is 12.2. The summed E-state index contributed by atoms with van der Waals surface area (Å²) in [5.41, 5.74) is 1.28. The first-order valence-electron chi connectivity index (χ1n) is 6.59. The molecule has 0 bridgehead atoms. The van der Waals surface area contributed by atoms with E-state index in [0.717, 1.165) is 5.56 Å². The summed E-state index contributed by atoms with van der Waals surface area (Å²) in [5.74, 6) is -0.130. The second kappa shape index (κ2) is 4.72. The van der Waals surface area contributed by atoms with Crippen molar-refractivity contribution < 1.29 is 18.3 Å². The molecule has 0 N–H and O–H groups in total. The van der Waals surface area contributed by atoms with Crippen LogP contribution in [-0.4, -0.2) is 25.1 Å². The second-order valence-electron chi connectivity index (χ2n) is 5.22. The average Bonchev–Trinajstić information content (AvgIpc) is 2.70. The molecule has 0 fully saturated rings. The second-order valence-corrected chi connectivity index (χ2v) is 5.22. The summed E-state index contributed by atoms with van der Waals surface area (Å²) in [7, 11) is 3.38. The maximum Gasteiger partial charge on any atom is 0.586 e. The molecule has 0 radical (unpaired) electrons. The summed E-state index contributed by atoms with van der Waals surface area (Å²) in [5, 5.41) is 1.57. The van der Waals surface area contributed by atoms with Gasteiger partial charge in [-0.25, -0.2) is 4.68 Å². The van der Waals surface area contributed by atoms with Crippen LogP contribution in [0.15, 0.2) is 35.1 Å². The lowest BCUT2D eigenvalue weighted by Gasteiger charge is -2.21. The molecule has 2 aromatic rings. The maximum absolute atomic E-state index is 13.3. The lowest BCUT2D eigenvalue weighted by Crippen LogP contribution is -2.37. The summed E-state index contributed by atoms with van der Waals surface area (Å²) in [6.45, 7) is 1.76. The fourth-order valence-electron chi connectivity index (χ4n) is 2.47.